The van der Waals surface area contributed by atoms with E-state index in [4.69, 9.17) is 27.6 Å². The van der Waals surface area contributed by atoms with Gasteiger partial charge < -0.3 is 8.60 Å². The van der Waals surface area contributed by atoms with Crippen LogP contribution < -0.4 is 9.12 Å². The van der Waals surface area contributed by atoms with Crippen LogP contribution in [-0.2, 0) is 10.5 Å². The van der Waals surface area contributed by atoms with Crippen molar-refractivity contribution in [2.24, 2.45) is 0 Å². The predicted octanol–water partition coefficient (Wildman–Crippen LogP) is 4.42. The average Bonchev–Trinajstić information content (AvgIpc) is 2.76. The molecule has 0 unspecified atom stereocenters. The Morgan fingerprint density at radius 1 is 1.13 bits per heavy atom. The summed E-state index contributed by atoms with van der Waals surface area (Å²) in [4.78, 5) is 10.9. The van der Waals surface area contributed by atoms with Crippen LogP contribution in [0.3, 0.4) is 0 Å². The van der Waals surface area contributed by atoms with Crippen molar-refractivity contribution in [1.29, 1.82) is 0 Å². The second-order valence-corrected chi connectivity index (χ2v) is 7.13. The first-order chi connectivity index (χ1) is 10.7. The molecule has 0 amide bonds. The minimum absolute atomic E-state index is 0.188. The Labute approximate surface area is 143 Å². The molecule has 1 aromatic heterocycles. The van der Waals surface area contributed by atoms with E-state index in [9.17, 15) is 17.1 Å². The van der Waals surface area contributed by atoms with Gasteiger partial charge in [-0.05, 0) is 18.2 Å². The Hall–Kier alpha value is -1.61. The van der Waals surface area contributed by atoms with Gasteiger partial charge in [-0.3, -0.25) is 0 Å². The summed E-state index contributed by atoms with van der Waals surface area (Å²) in [5.74, 6) is -0.307. The van der Waals surface area contributed by atoms with E-state index >= 15 is 0 Å². The third-order valence-electron chi connectivity index (χ3n) is 2.82. The molecule has 0 saturated heterocycles. The van der Waals surface area contributed by atoms with E-state index < -0.39 is 15.4 Å². The van der Waals surface area contributed by atoms with Crippen molar-refractivity contribution in [3.63, 3.8) is 0 Å². The Balaban J connectivity index is 2.31. The second kappa shape index (κ2) is 5.79. The molecule has 0 aliphatic rings. The molecular formula is C13H5Cl2FO5S2. The average molecular weight is 395 g/mol. The molecule has 0 saturated carbocycles. The van der Waals surface area contributed by atoms with Crippen LogP contribution in [0.4, 0.5) is 3.89 Å². The zero-order valence-electron chi connectivity index (χ0n) is 10.9. The molecule has 10 heteroatoms. The largest absolute Gasteiger partial charge is 0.488 e. The Morgan fingerprint density at radius 3 is 2.52 bits per heavy atom. The van der Waals surface area contributed by atoms with Gasteiger partial charge in [-0.25, -0.2) is 4.79 Å². The van der Waals surface area contributed by atoms with Crippen molar-refractivity contribution in [2.75, 3.05) is 0 Å². The molecule has 3 rings (SSSR count). The summed E-state index contributed by atoms with van der Waals surface area (Å²) >= 11 is 12.7. The summed E-state index contributed by atoms with van der Waals surface area (Å²) < 4.78 is 43.8. The van der Waals surface area contributed by atoms with Crippen LogP contribution in [0.1, 0.15) is 0 Å². The van der Waals surface area contributed by atoms with E-state index in [1.54, 1.807) is 12.1 Å². The van der Waals surface area contributed by atoms with E-state index in [0.717, 1.165) is 11.3 Å². The summed E-state index contributed by atoms with van der Waals surface area (Å²) in [5, 5.41) is 0.633. The van der Waals surface area contributed by atoms with Gasteiger partial charge in [0, 0.05) is 22.2 Å². The van der Waals surface area contributed by atoms with Crippen molar-refractivity contribution >= 4 is 55.3 Å². The molecule has 0 N–H and O–H groups in total. The number of hydrogen-bond donors (Lipinski definition) is 0. The monoisotopic (exact) mass is 394 g/mol. The highest BCUT2D eigenvalue weighted by molar-refractivity contribution is 7.81. The van der Waals surface area contributed by atoms with Crippen molar-refractivity contribution in [2.45, 2.75) is 0 Å². The number of benzene rings is 2. The SMILES string of the molecule is O=c1oc2c(-c3ccc(Cl)cc3Cl)cc(OS(=O)(=O)F)cc2s1. The molecule has 0 radical (unpaired) electrons. The lowest BCUT2D eigenvalue weighted by molar-refractivity contribution is 0.440. The van der Waals surface area contributed by atoms with Crippen LogP contribution >= 0.6 is 34.5 Å². The van der Waals surface area contributed by atoms with Crippen LogP contribution in [0.5, 0.6) is 5.75 Å². The highest BCUT2D eigenvalue weighted by Gasteiger charge is 2.18. The third kappa shape index (κ3) is 3.50. The molecule has 5 nitrogen and oxygen atoms in total. The summed E-state index contributed by atoms with van der Waals surface area (Å²) in [6.45, 7) is 0. The predicted molar refractivity (Wildman–Crippen MR) is 86.5 cm³/mol. The lowest BCUT2D eigenvalue weighted by atomic mass is 10.0. The van der Waals surface area contributed by atoms with E-state index in [-0.39, 0.29) is 26.6 Å². The van der Waals surface area contributed by atoms with Crippen LogP contribution in [0, 0.1) is 0 Å². The van der Waals surface area contributed by atoms with Gasteiger partial charge in [0.15, 0.2) is 5.58 Å². The lowest BCUT2D eigenvalue weighted by Crippen LogP contribution is -2.01. The van der Waals surface area contributed by atoms with Gasteiger partial charge >= 0.3 is 15.4 Å². The highest BCUT2D eigenvalue weighted by atomic mass is 35.5. The quantitative estimate of drug-likeness (QED) is 0.614. The van der Waals surface area contributed by atoms with Gasteiger partial charge in [0.25, 0.3) is 0 Å². The Morgan fingerprint density at radius 2 is 1.87 bits per heavy atom. The van der Waals surface area contributed by atoms with Crippen molar-refractivity contribution in [3.8, 4) is 16.9 Å². The maximum absolute atomic E-state index is 12.8. The smallest absolute Gasteiger partial charge is 0.413 e. The van der Waals surface area contributed by atoms with Crippen LogP contribution in [0.2, 0.25) is 10.0 Å². The fourth-order valence-electron chi connectivity index (χ4n) is 2.02. The Kier molecular flexibility index (Phi) is 4.09. The maximum atomic E-state index is 12.8. The molecule has 0 spiro atoms. The highest BCUT2D eigenvalue weighted by Crippen LogP contribution is 2.38. The normalized spacial score (nSPS) is 11.8. The van der Waals surface area contributed by atoms with Gasteiger partial charge in [0.2, 0.25) is 0 Å². The van der Waals surface area contributed by atoms with Gasteiger partial charge in [0.1, 0.15) is 5.75 Å². The van der Waals surface area contributed by atoms with Crippen molar-refractivity contribution < 1.29 is 20.9 Å². The number of fused-ring (bicyclic) bond motifs is 1. The molecule has 0 fully saturated rings. The summed E-state index contributed by atoms with van der Waals surface area (Å²) in [5.41, 5.74) is 0.887. The van der Waals surface area contributed by atoms with E-state index in [1.807, 2.05) is 0 Å². The summed E-state index contributed by atoms with van der Waals surface area (Å²) in [6.07, 6.45) is 0. The zero-order valence-corrected chi connectivity index (χ0v) is 14.0. The number of hydrogen-bond acceptors (Lipinski definition) is 6. The van der Waals surface area contributed by atoms with Crippen molar-refractivity contribution in [1.82, 2.24) is 0 Å². The molecule has 0 atom stereocenters. The van der Waals surface area contributed by atoms with E-state index in [0.29, 0.717) is 10.6 Å². The Bertz CT molecular complexity index is 1070. The molecule has 0 aliphatic carbocycles. The molecule has 23 heavy (non-hydrogen) atoms. The topological polar surface area (TPSA) is 73.6 Å². The first-order valence-electron chi connectivity index (χ1n) is 5.90. The van der Waals surface area contributed by atoms with Crippen LogP contribution in [-0.4, -0.2) is 8.42 Å². The van der Waals surface area contributed by atoms with Crippen molar-refractivity contribution in [3.05, 3.63) is 50.1 Å². The molecular weight excluding hydrogens is 390 g/mol. The van der Waals surface area contributed by atoms with E-state index in [2.05, 4.69) is 4.18 Å². The fourth-order valence-corrected chi connectivity index (χ4v) is 3.58. The second-order valence-electron chi connectivity index (χ2n) is 4.35. The van der Waals surface area contributed by atoms with E-state index in [1.165, 1.54) is 18.2 Å². The standard InChI is InChI=1S/C13H5Cl2FO5S2/c14-6-1-2-8(10(15)3-6)9-4-7(21-23(16,18)19)5-11-12(9)20-13(17)22-11/h1-5H. The number of halogens is 3. The van der Waals surface area contributed by atoms with Gasteiger partial charge in [-0.15, -0.1) is 0 Å². The first-order valence-corrected chi connectivity index (χ1v) is 8.78. The minimum Gasteiger partial charge on any atom is -0.413 e. The molecule has 0 aliphatic heterocycles. The maximum Gasteiger partial charge on any atom is 0.488 e. The fraction of sp³-hybridized carbons (Fsp3) is 0. The molecule has 3 aromatic rings. The van der Waals surface area contributed by atoms with Gasteiger partial charge in [-0.1, -0.05) is 44.5 Å². The minimum atomic E-state index is -5.21. The lowest BCUT2D eigenvalue weighted by Gasteiger charge is -2.08. The molecule has 0 bridgehead atoms. The zero-order chi connectivity index (χ0) is 16.8. The first kappa shape index (κ1) is 16.3. The summed E-state index contributed by atoms with van der Waals surface area (Å²) in [6, 6.07) is 6.98. The molecule has 2 aromatic carbocycles. The van der Waals surface area contributed by atoms with Gasteiger partial charge in [0.05, 0.1) is 9.72 Å². The summed E-state index contributed by atoms with van der Waals surface area (Å²) in [7, 11) is -5.21. The van der Waals surface area contributed by atoms with Crippen LogP contribution in [0.15, 0.2) is 39.5 Å². The van der Waals surface area contributed by atoms with Gasteiger partial charge in [-0.2, -0.15) is 8.42 Å². The molecule has 1 heterocycles. The van der Waals surface area contributed by atoms with Crippen LogP contribution in [0.25, 0.3) is 21.4 Å². The molecule has 120 valence electrons. The number of rotatable bonds is 3. The third-order valence-corrected chi connectivity index (χ3v) is 4.54.